The minimum Gasteiger partial charge on any atom is -0.392 e. The van der Waals surface area contributed by atoms with Gasteiger partial charge in [0.2, 0.25) is 10.0 Å². The zero-order chi connectivity index (χ0) is 15.3. The molecule has 1 aromatic rings. The number of nitro benzene ring substituents is 1. The van der Waals surface area contributed by atoms with Crippen LogP contribution in [0.5, 0.6) is 0 Å². The molecule has 0 spiro atoms. The number of sulfonamides is 1. The maximum atomic E-state index is 12.1. The third-order valence-electron chi connectivity index (χ3n) is 2.87. The van der Waals surface area contributed by atoms with Gasteiger partial charge in [-0.25, -0.2) is 13.1 Å². The van der Waals surface area contributed by atoms with E-state index in [1.54, 1.807) is 0 Å². The number of benzene rings is 1. The molecule has 20 heavy (non-hydrogen) atoms. The molecule has 7 nitrogen and oxygen atoms in total. The molecule has 1 rings (SSSR count). The fourth-order valence-electron chi connectivity index (χ4n) is 1.81. The van der Waals surface area contributed by atoms with Crippen LogP contribution in [0.25, 0.3) is 0 Å². The zero-order valence-corrected chi connectivity index (χ0v) is 12.2. The van der Waals surface area contributed by atoms with Crippen molar-refractivity contribution in [2.45, 2.75) is 37.7 Å². The van der Waals surface area contributed by atoms with E-state index in [2.05, 4.69) is 4.72 Å². The van der Waals surface area contributed by atoms with Gasteiger partial charge in [-0.3, -0.25) is 10.1 Å². The van der Waals surface area contributed by atoms with E-state index in [0.717, 1.165) is 6.42 Å². The summed E-state index contributed by atoms with van der Waals surface area (Å²) < 4.78 is 26.4. The van der Waals surface area contributed by atoms with Gasteiger partial charge < -0.3 is 5.11 Å². The Bertz CT molecular complexity index is 586. The normalized spacial score (nSPS) is 13.2. The van der Waals surface area contributed by atoms with Crippen LogP contribution in [-0.2, 0) is 10.0 Å². The van der Waals surface area contributed by atoms with E-state index in [0.29, 0.717) is 6.42 Å². The molecule has 0 amide bonds. The second-order valence-corrected chi connectivity index (χ2v) is 6.19. The predicted octanol–water partition coefficient (Wildman–Crippen LogP) is 1.34. The van der Waals surface area contributed by atoms with Gasteiger partial charge in [0.05, 0.1) is 15.9 Å². The Morgan fingerprint density at radius 1 is 1.45 bits per heavy atom. The Balaban J connectivity index is 2.99. The van der Waals surface area contributed by atoms with Gasteiger partial charge in [0.1, 0.15) is 0 Å². The molecule has 0 radical (unpaired) electrons. The van der Waals surface area contributed by atoms with Crippen molar-refractivity contribution in [2.75, 3.05) is 6.54 Å². The zero-order valence-electron chi connectivity index (χ0n) is 11.4. The van der Waals surface area contributed by atoms with Gasteiger partial charge in [0, 0.05) is 18.2 Å². The molecule has 0 bridgehead atoms. The van der Waals surface area contributed by atoms with Gasteiger partial charge in [0.25, 0.3) is 5.69 Å². The van der Waals surface area contributed by atoms with Gasteiger partial charge in [-0.15, -0.1) is 0 Å². The van der Waals surface area contributed by atoms with Crippen molar-refractivity contribution in [3.63, 3.8) is 0 Å². The lowest BCUT2D eigenvalue weighted by Crippen LogP contribution is -2.32. The van der Waals surface area contributed by atoms with E-state index < -0.39 is 21.1 Å². The Labute approximate surface area is 117 Å². The third kappa shape index (κ3) is 3.99. The van der Waals surface area contributed by atoms with Crippen LogP contribution < -0.4 is 4.72 Å². The van der Waals surface area contributed by atoms with Crippen LogP contribution in [0.3, 0.4) is 0 Å². The number of nitrogens with zero attached hydrogens (tertiary/aromatic N) is 1. The lowest BCUT2D eigenvalue weighted by atomic mass is 10.2. The maximum Gasteiger partial charge on any atom is 0.273 e. The Morgan fingerprint density at radius 2 is 2.10 bits per heavy atom. The first-order valence-electron chi connectivity index (χ1n) is 6.21. The minimum atomic E-state index is -3.87. The summed E-state index contributed by atoms with van der Waals surface area (Å²) in [7, 11) is -3.87. The van der Waals surface area contributed by atoms with Crippen molar-refractivity contribution in [2.24, 2.45) is 0 Å². The van der Waals surface area contributed by atoms with Crippen LogP contribution in [0.2, 0.25) is 0 Å². The van der Waals surface area contributed by atoms with Gasteiger partial charge in [-0.1, -0.05) is 19.4 Å². The van der Waals surface area contributed by atoms with E-state index in [1.807, 2.05) is 6.92 Å². The molecule has 1 aromatic carbocycles. The van der Waals surface area contributed by atoms with Gasteiger partial charge in [0.15, 0.2) is 0 Å². The highest BCUT2D eigenvalue weighted by Gasteiger charge is 2.23. The summed E-state index contributed by atoms with van der Waals surface area (Å²) in [6, 6.07) is 3.87. The van der Waals surface area contributed by atoms with Gasteiger partial charge in [-0.05, 0) is 19.4 Å². The highest BCUT2D eigenvalue weighted by atomic mass is 32.2. The number of hydrogen-bond donors (Lipinski definition) is 2. The van der Waals surface area contributed by atoms with Crippen molar-refractivity contribution in [1.82, 2.24) is 4.72 Å². The highest BCUT2D eigenvalue weighted by Crippen LogP contribution is 2.24. The summed E-state index contributed by atoms with van der Waals surface area (Å²) in [4.78, 5) is 10.0. The van der Waals surface area contributed by atoms with E-state index in [1.165, 1.54) is 25.1 Å². The average molecular weight is 302 g/mol. The molecule has 0 heterocycles. The van der Waals surface area contributed by atoms with E-state index in [9.17, 15) is 23.6 Å². The van der Waals surface area contributed by atoms with E-state index in [-0.39, 0.29) is 22.7 Å². The molecule has 0 aliphatic carbocycles. The van der Waals surface area contributed by atoms with Crippen molar-refractivity contribution < 1.29 is 18.4 Å². The fourth-order valence-corrected chi connectivity index (χ4v) is 3.14. The number of nitro groups is 1. The lowest BCUT2D eigenvalue weighted by molar-refractivity contribution is -0.385. The summed E-state index contributed by atoms with van der Waals surface area (Å²) in [6.07, 6.45) is 0.448. The van der Waals surface area contributed by atoms with Crippen LogP contribution in [0.15, 0.2) is 23.1 Å². The molecular formula is C12H18N2O5S. The molecule has 0 aromatic heterocycles. The molecule has 1 unspecified atom stereocenters. The molecule has 0 saturated heterocycles. The first kappa shape index (κ1) is 16.5. The molecule has 112 valence electrons. The summed E-state index contributed by atoms with van der Waals surface area (Å²) in [5.74, 6) is 0. The SMILES string of the molecule is CCCC(O)CNS(=O)(=O)c1cccc([N+](=O)[O-])c1C. The first-order valence-corrected chi connectivity index (χ1v) is 7.69. The third-order valence-corrected chi connectivity index (χ3v) is 4.44. The molecular weight excluding hydrogens is 284 g/mol. The summed E-state index contributed by atoms with van der Waals surface area (Å²) in [5, 5.41) is 20.3. The smallest absolute Gasteiger partial charge is 0.273 e. The number of hydrogen-bond acceptors (Lipinski definition) is 5. The molecule has 1 atom stereocenters. The van der Waals surface area contributed by atoms with Gasteiger partial charge in [-0.2, -0.15) is 0 Å². The van der Waals surface area contributed by atoms with Gasteiger partial charge >= 0.3 is 0 Å². The maximum absolute atomic E-state index is 12.1. The number of nitrogens with one attached hydrogen (secondary N) is 1. The molecule has 0 aliphatic heterocycles. The van der Waals surface area contributed by atoms with Crippen LogP contribution in [0.4, 0.5) is 5.69 Å². The van der Waals surface area contributed by atoms with Crippen molar-refractivity contribution >= 4 is 15.7 Å². The van der Waals surface area contributed by atoms with E-state index >= 15 is 0 Å². The number of aliphatic hydroxyl groups excluding tert-OH is 1. The van der Waals surface area contributed by atoms with Crippen LogP contribution in [-0.4, -0.2) is 31.1 Å². The number of aliphatic hydroxyl groups is 1. The second-order valence-electron chi connectivity index (χ2n) is 4.45. The first-order chi connectivity index (χ1) is 9.29. The van der Waals surface area contributed by atoms with Crippen LogP contribution in [0, 0.1) is 17.0 Å². The summed E-state index contributed by atoms with van der Waals surface area (Å²) in [5.41, 5.74) is -0.169. The number of rotatable bonds is 7. The summed E-state index contributed by atoms with van der Waals surface area (Å²) in [6.45, 7) is 3.15. The summed E-state index contributed by atoms with van der Waals surface area (Å²) >= 11 is 0. The van der Waals surface area contributed by atoms with Crippen molar-refractivity contribution in [1.29, 1.82) is 0 Å². The minimum absolute atomic E-state index is 0.0787. The fraction of sp³-hybridized carbons (Fsp3) is 0.500. The monoisotopic (exact) mass is 302 g/mol. The van der Waals surface area contributed by atoms with Crippen LogP contribution in [0.1, 0.15) is 25.3 Å². The van der Waals surface area contributed by atoms with Crippen LogP contribution >= 0.6 is 0 Å². The second kappa shape index (κ2) is 6.78. The molecule has 0 fully saturated rings. The molecule has 2 N–H and O–H groups in total. The topological polar surface area (TPSA) is 110 Å². The quantitative estimate of drug-likeness (QED) is 0.583. The molecule has 8 heteroatoms. The van der Waals surface area contributed by atoms with E-state index in [4.69, 9.17) is 0 Å². The van der Waals surface area contributed by atoms with Crippen molar-refractivity contribution in [3.05, 3.63) is 33.9 Å². The molecule has 0 saturated carbocycles. The Morgan fingerprint density at radius 3 is 2.65 bits per heavy atom. The van der Waals surface area contributed by atoms with Crippen molar-refractivity contribution in [3.8, 4) is 0 Å². The molecule has 0 aliphatic rings. The Kier molecular flexibility index (Phi) is 5.61. The lowest BCUT2D eigenvalue weighted by Gasteiger charge is -2.12. The largest absolute Gasteiger partial charge is 0.392 e. The highest BCUT2D eigenvalue weighted by molar-refractivity contribution is 7.89. The predicted molar refractivity (Wildman–Crippen MR) is 73.9 cm³/mol. The Hall–Kier alpha value is -1.51. The average Bonchev–Trinajstić information content (AvgIpc) is 2.36. The standard InChI is InChI=1S/C12H18N2O5S/c1-3-5-10(15)8-13-20(18,19)12-7-4-6-11(9(12)2)14(16)17/h4,6-7,10,13,15H,3,5,8H2,1-2H3.